The molecule has 10 heterocycles. The summed E-state index contributed by atoms with van der Waals surface area (Å²) in [6.07, 6.45) is -0.302. The minimum absolute atomic E-state index is 0.000698. The summed E-state index contributed by atoms with van der Waals surface area (Å²) in [5.74, 6) is -21.3. The van der Waals surface area contributed by atoms with Gasteiger partial charge in [0.05, 0.1) is 54.8 Å². The van der Waals surface area contributed by atoms with Crippen LogP contribution >= 0.6 is 35.3 Å². The molecule has 8 fully saturated rings. The van der Waals surface area contributed by atoms with Gasteiger partial charge in [-0.1, -0.05) is 71.0 Å². The molecule has 6 bridgehead atoms. The average molecular weight is 1880 g/mol. The molecule has 712 valence electrons. The average Bonchev–Trinajstić information content (AvgIpc) is 1.52. The number of para-hydroxylation sites is 2. The molecule has 8 aliphatic heterocycles. The van der Waals surface area contributed by atoms with E-state index in [1.807, 2.05) is 0 Å². The number of Topliss-reactive ketones (excluding diaryl/α,β-unsaturated/α-hetero) is 1. The van der Waals surface area contributed by atoms with Gasteiger partial charge < -0.3 is 115 Å². The summed E-state index contributed by atoms with van der Waals surface area (Å²) < 4.78 is 0. The second kappa shape index (κ2) is 46.7. The zero-order valence-electron chi connectivity index (χ0n) is 74.0. The predicted octanol–water partition coefficient (Wildman–Crippen LogP) is -5.00. The van der Waals surface area contributed by atoms with Crippen molar-refractivity contribution >= 4 is 175 Å². The Hall–Kier alpha value is -12.0. The molecule has 8 aliphatic rings. The van der Waals surface area contributed by atoms with E-state index in [1.54, 1.807) is 89.5 Å². The lowest BCUT2D eigenvalue weighted by molar-refractivity contribution is -0.192. The minimum Gasteiger partial charge on any atom is -0.481 e. The van der Waals surface area contributed by atoms with E-state index >= 15 is 9.59 Å². The third-order valence-corrected chi connectivity index (χ3v) is 27.3. The smallest absolute Gasteiger partial charge is 0.373 e. The number of aliphatic hydroxyl groups is 1. The highest BCUT2D eigenvalue weighted by Crippen LogP contribution is 2.57. The van der Waals surface area contributed by atoms with Crippen LogP contribution in [0.25, 0.3) is 21.8 Å². The van der Waals surface area contributed by atoms with Gasteiger partial charge in [0, 0.05) is 147 Å². The maximum absolute atomic E-state index is 15.5. The standard InChI is InChI=1S/C84H116N20O21S3.CO2/c1-9-52-75(118)96-59-33-128-36-67(112)103-41-83-37-101(65(110)34-126-31-49(73(116)99-71(46(7)105)81(124)92-52)25-61(106)45(6)90-63(108)30-100(8)64(109)20-21-85)38-84(83,42-103)40-102(39-83)66(111)35-127-32-58(72(86)115)95-79(122)60-19-14-22-104(60)82(125)70(44(4)5)98-76(119)55(23-47-27-87-53-17-12-10-15-50(47)53)91-62(107)29-89-74(117)57(26-68(113)114)94-80(123)69(43(2)3)97-77(120)56(93-78(59)121)24-48-28-88-54-18-13-11-16-51(48)54;2-1-3/h10-13,15-18,27-28,43-46,49,52,55-60,69-71,87-88,105H,9,14,19-26,29-42,85H2,1-8H3,(H2,86,115)(H,89,117)(H,90,108)(H,91,107)(H,92,124)(H,93,121)(H,94,123)(H,95,122)(H,96,118)(H,97,120)(H,98,119)(H,99,116)(H,113,114);/t45-,46+,49-,52-,55-,56-,57-,58-,59+,60-,69-,70-,71-,83-,84?;/m0./s1. The second-order valence-electron chi connectivity index (χ2n) is 34.4. The van der Waals surface area contributed by atoms with Crippen molar-refractivity contribution in [3.8, 4) is 0 Å². The number of hydrogen-bond acceptors (Lipinski definition) is 26. The van der Waals surface area contributed by atoms with E-state index in [0.717, 1.165) is 40.2 Å². The number of aliphatic hydroxyl groups excluding tert-OH is 1. The number of aromatic amines is 2. The van der Waals surface area contributed by atoms with Gasteiger partial charge in [0.25, 0.3) is 0 Å². The summed E-state index contributed by atoms with van der Waals surface area (Å²) in [6, 6.07) is -3.02. The van der Waals surface area contributed by atoms with Crippen LogP contribution in [0, 0.1) is 28.6 Å². The number of hydrogen-bond donors (Lipinski definition) is 17. The van der Waals surface area contributed by atoms with Gasteiger partial charge in [-0.05, 0) is 68.2 Å². The third kappa shape index (κ3) is 26.5. The maximum atomic E-state index is 15.5. The van der Waals surface area contributed by atoms with Gasteiger partial charge in [-0.25, -0.2) is 0 Å². The quantitative estimate of drug-likeness (QED) is 0.0391. The number of nitrogens with zero attached hydrogens (tertiary/aromatic N) is 5. The SMILES string of the molecule is CC[C@@H]1NC(=O)[C@H]([C@@H](C)O)NC(=O)[C@@H](CC(=O)[C@H](C)NC(=O)CN(C)C(=O)CCN)CSCC(=O)N2CC34CN5C[C@@]3(C2)CN(C4)C(=O)CSC[C@@H](NC1=O)C(=O)N[C@@H](Cc1c[nH]c2ccccc12)C(=O)N[C@@H](C(C)C)C(=O)N[C@@H](CC(=O)O)C(=O)NCC(=O)N[C@@H](Cc1c[nH]c2ccccc12)C(=O)N[C@@H](C(C)C)C(=O)N1CCC[C@H]1C(=O)N[C@H](C(N)=O)CSCC5=O.O=C=O. The summed E-state index contributed by atoms with van der Waals surface area (Å²) in [6.45, 7) is 8.98. The van der Waals surface area contributed by atoms with Crippen molar-refractivity contribution in [2.75, 3.05) is 107 Å². The molecule has 2 aromatic heterocycles. The van der Waals surface area contributed by atoms with E-state index < -0.39 is 245 Å². The van der Waals surface area contributed by atoms with Crippen LogP contribution in [0.4, 0.5) is 0 Å². The number of H-pyrrole nitrogens is 2. The van der Waals surface area contributed by atoms with Gasteiger partial charge in [0.2, 0.25) is 100 Å². The van der Waals surface area contributed by atoms with Crippen molar-refractivity contribution in [3.05, 3.63) is 72.1 Å². The number of benzene rings is 2. The van der Waals surface area contributed by atoms with Gasteiger partial charge in [0.1, 0.15) is 60.4 Å². The Bertz CT molecular complexity index is 4980. The number of likely N-dealkylation sites (N-methyl/N-ethyl adjacent to an activating group) is 1. The number of carbonyl (C=O) groups is 19. The molecular weight excluding hydrogens is 1770 g/mol. The minimum atomic E-state index is -1.95. The first-order chi connectivity index (χ1) is 62.1. The number of thioether (sulfide) groups is 3. The Morgan fingerprint density at radius 2 is 1.05 bits per heavy atom. The highest BCUT2D eigenvalue weighted by molar-refractivity contribution is 8.00. The number of nitrogens with one attached hydrogen (secondary N) is 13. The Balaban J connectivity index is 0.00000635. The molecule has 8 saturated heterocycles. The Kier molecular flexibility index (Phi) is 36.6. The second-order valence-corrected chi connectivity index (χ2v) is 37.5. The molecule has 0 radical (unpaired) electrons. The van der Waals surface area contributed by atoms with Crippen LogP contribution in [0.3, 0.4) is 0 Å². The molecule has 0 saturated carbocycles. The first-order valence-corrected chi connectivity index (χ1v) is 46.5. The van der Waals surface area contributed by atoms with Crippen LogP contribution in [-0.4, -0.2) is 343 Å². The van der Waals surface area contributed by atoms with Gasteiger partial charge in [0.15, 0.2) is 5.78 Å². The number of fused-ring (bicyclic) bond motifs is 38. The molecule has 1 unspecified atom stereocenters. The number of aliphatic carboxylic acids is 1. The molecule has 17 amide bonds. The van der Waals surface area contributed by atoms with Crippen molar-refractivity contribution in [2.45, 2.75) is 172 Å². The lowest BCUT2D eigenvalue weighted by Crippen LogP contribution is -2.61. The molecule has 19 N–H and O–H groups in total. The van der Waals surface area contributed by atoms with E-state index in [0.29, 0.717) is 39.4 Å². The lowest BCUT2D eigenvalue weighted by atomic mass is 9.71. The fourth-order valence-corrected chi connectivity index (χ4v) is 20.0. The third-order valence-electron chi connectivity index (χ3n) is 24.2. The fourth-order valence-electron chi connectivity index (χ4n) is 17.1. The van der Waals surface area contributed by atoms with Crippen LogP contribution in [0.2, 0.25) is 0 Å². The number of nitrogens with two attached hydrogens (primary N) is 2. The molecule has 2 aromatic carbocycles. The highest BCUT2D eigenvalue weighted by Gasteiger charge is 2.69. The van der Waals surface area contributed by atoms with Crippen molar-refractivity contribution in [3.63, 3.8) is 0 Å². The van der Waals surface area contributed by atoms with Crippen molar-refractivity contribution < 1.29 is 111 Å². The normalized spacial score (nSPS) is 26.7. The van der Waals surface area contributed by atoms with Crippen molar-refractivity contribution in [1.29, 1.82) is 0 Å². The molecule has 15 atom stereocenters. The van der Waals surface area contributed by atoms with Crippen molar-refractivity contribution in [2.24, 2.45) is 40.1 Å². The Morgan fingerprint density at radius 1 is 0.573 bits per heavy atom. The number of carboxylic acid groups (broad SMARTS) is 1. The van der Waals surface area contributed by atoms with Gasteiger partial charge in [-0.3, -0.25) is 91.1 Å². The molecule has 12 rings (SSSR count). The number of ketones is 1. The summed E-state index contributed by atoms with van der Waals surface area (Å²) in [5.41, 5.74) is 11.7. The monoisotopic (exact) mass is 1880 g/mol. The predicted molar refractivity (Wildman–Crippen MR) is 476 cm³/mol. The number of aromatic nitrogens is 2. The van der Waals surface area contributed by atoms with E-state index in [9.17, 15) is 91.7 Å². The topological polar surface area (TPSA) is 631 Å². The maximum Gasteiger partial charge on any atom is 0.373 e. The van der Waals surface area contributed by atoms with Crippen LogP contribution in [0.5, 0.6) is 0 Å². The largest absolute Gasteiger partial charge is 0.481 e. The van der Waals surface area contributed by atoms with Crippen LogP contribution in [-0.2, 0) is 114 Å². The summed E-state index contributed by atoms with van der Waals surface area (Å²) >= 11 is 2.84. The number of amides is 17. The molecule has 0 aliphatic carbocycles. The highest BCUT2D eigenvalue weighted by atomic mass is 32.2. The first kappa shape index (κ1) is 103. The van der Waals surface area contributed by atoms with Gasteiger partial charge in [-0.2, -0.15) is 21.4 Å². The fraction of sp³-hybridized carbons (Fsp3) is 0.576. The van der Waals surface area contributed by atoms with E-state index in [1.165, 1.54) is 46.6 Å². The Labute approximate surface area is 766 Å². The molecule has 46 heteroatoms. The van der Waals surface area contributed by atoms with Crippen LogP contribution in [0.15, 0.2) is 60.9 Å². The number of primary amides is 1. The lowest BCUT2D eigenvalue weighted by Gasteiger charge is -2.32. The number of carbonyl (C=O) groups excluding carboxylic acids is 20. The number of carboxylic acids is 1. The van der Waals surface area contributed by atoms with Crippen molar-refractivity contribution in [1.82, 2.24) is 93.0 Å². The first-order valence-electron chi connectivity index (χ1n) is 43.1. The molecule has 2 spiro atoms. The molecule has 131 heavy (non-hydrogen) atoms. The molecule has 43 nitrogen and oxygen atoms in total. The Morgan fingerprint density at radius 3 is 1.56 bits per heavy atom. The van der Waals surface area contributed by atoms with E-state index in [4.69, 9.17) is 21.1 Å². The van der Waals surface area contributed by atoms with Gasteiger partial charge >= 0.3 is 12.1 Å². The van der Waals surface area contributed by atoms with Gasteiger partial charge in [-0.15, -0.1) is 23.5 Å². The summed E-state index contributed by atoms with van der Waals surface area (Å²) in [4.78, 5) is 302. The summed E-state index contributed by atoms with van der Waals surface area (Å²) in [5, 5.41) is 51.2. The van der Waals surface area contributed by atoms with E-state index in [-0.39, 0.29) is 119 Å². The molecule has 4 aromatic rings. The zero-order chi connectivity index (χ0) is 96.0. The number of rotatable bonds is 19. The zero-order valence-corrected chi connectivity index (χ0v) is 76.4. The molecular formula is C85H116N20O23S3. The van der Waals surface area contributed by atoms with E-state index in [2.05, 4.69) is 68.5 Å². The summed E-state index contributed by atoms with van der Waals surface area (Å²) in [7, 11) is 1.37. The van der Waals surface area contributed by atoms with Crippen LogP contribution in [0.1, 0.15) is 98.1 Å². The van der Waals surface area contributed by atoms with Crippen LogP contribution < -0.4 is 70.0 Å².